The van der Waals surface area contributed by atoms with Crippen LogP contribution in [0, 0.1) is 5.92 Å². The highest BCUT2D eigenvalue weighted by atomic mass is 19.4. The van der Waals surface area contributed by atoms with E-state index in [2.05, 4.69) is 15.3 Å². The normalized spacial score (nSPS) is 18.4. The van der Waals surface area contributed by atoms with Crippen molar-refractivity contribution in [3.8, 4) is 17.2 Å². The molecular weight excluding hydrogens is 479 g/mol. The zero-order chi connectivity index (χ0) is 26.4. The smallest absolute Gasteiger partial charge is 0.433 e. The van der Waals surface area contributed by atoms with Crippen LogP contribution in [0.3, 0.4) is 0 Å². The van der Waals surface area contributed by atoms with Gasteiger partial charge in [-0.1, -0.05) is 0 Å². The number of halogens is 3. The fraction of sp³-hybridized carbons (Fsp3) is 0.417. The Hall–Kier alpha value is -3.67. The van der Waals surface area contributed by atoms with Crippen LogP contribution in [0.1, 0.15) is 47.7 Å². The number of oxazole rings is 1. The number of hydrogen-bond donors (Lipinski definition) is 2. The number of nitrogens with one attached hydrogen (secondary N) is 1. The Bertz CT molecular complexity index is 1310. The largest absolute Gasteiger partial charge is 0.494 e. The third kappa shape index (κ3) is 4.72. The van der Waals surface area contributed by atoms with Crippen molar-refractivity contribution in [2.75, 3.05) is 21.2 Å². The maximum absolute atomic E-state index is 13.2. The quantitative estimate of drug-likeness (QED) is 0.525. The lowest BCUT2D eigenvalue weighted by atomic mass is 9.79. The minimum absolute atomic E-state index is 0.00849. The van der Waals surface area contributed by atoms with E-state index >= 15 is 0 Å². The van der Waals surface area contributed by atoms with E-state index < -0.39 is 23.8 Å². The molecule has 36 heavy (non-hydrogen) atoms. The van der Waals surface area contributed by atoms with Crippen molar-refractivity contribution in [2.45, 2.75) is 38.0 Å². The van der Waals surface area contributed by atoms with E-state index in [1.165, 1.54) is 24.1 Å². The minimum Gasteiger partial charge on any atom is -0.494 e. The van der Waals surface area contributed by atoms with Crippen molar-refractivity contribution in [1.29, 1.82) is 0 Å². The van der Waals surface area contributed by atoms with Crippen LogP contribution in [-0.2, 0) is 11.0 Å². The van der Waals surface area contributed by atoms with Crippen LogP contribution in [0.5, 0.6) is 5.75 Å². The summed E-state index contributed by atoms with van der Waals surface area (Å²) in [5, 5.41) is 3.15. The molecule has 3 N–H and O–H groups in total. The number of rotatable bonds is 6. The summed E-state index contributed by atoms with van der Waals surface area (Å²) in [5.74, 6) is -0.362. The van der Waals surface area contributed by atoms with Gasteiger partial charge >= 0.3 is 6.18 Å². The summed E-state index contributed by atoms with van der Waals surface area (Å²) in [5.41, 5.74) is 5.23. The standard InChI is InChI=1S/C24H26F3N5O4/c1-11(28)20-19(21(33)29-13-9-12(10-13)23(34)32(2)3)31-22(36-20)15-5-7-16(35-4)18-14(15)6-8-17(30-18)24(25,26)27/h5-8,11-13H,9-10,28H2,1-4H3,(H,29,33)/t11-,12?,13?/m0/s1. The predicted octanol–water partition coefficient (Wildman–Crippen LogP) is 3.53. The molecule has 1 aliphatic rings. The molecule has 12 heteroatoms. The molecule has 1 atom stereocenters. The van der Waals surface area contributed by atoms with Gasteiger partial charge in [-0.15, -0.1) is 0 Å². The van der Waals surface area contributed by atoms with Gasteiger partial charge in [-0.05, 0) is 44.0 Å². The SMILES string of the molecule is COc1ccc(-c2nc(C(=O)NC3CC(C(=O)N(C)C)C3)c([C@H](C)N)o2)c2ccc(C(F)(F)F)nc12. The first-order valence-corrected chi connectivity index (χ1v) is 11.2. The van der Waals surface area contributed by atoms with E-state index in [0.717, 1.165) is 6.07 Å². The van der Waals surface area contributed by atoms with Crippen LogP contribution in [0.25, 0.3) is 22.4 Å². The van der Waals surface area contributed by atoms with Gasteiger partial charge in [0.1, 0.15) is 17.0 Å². The Morgan fingerprint density at radius 3 is 2.47 bits per heavy atom. The molecule has 9 nitrogen and oxygen atoms in total. The Morgan fingerprint density at radius 1 is 1.19 bits per heavy atom. The topological polar surface area (TPSA) is 124 Å². The number of pyridine rings is 1. The molecule has 1 saturated carbocycles. The molecule has 0 radical (unpaired) electrons. The van der Waals surface area contributed by atoms with Gasteiger partial charge in [-0.25, -0.2) is 9.97 Å². The predicted molar refractivity (Wildman–Crippen MR) is 124 cm³/mol. The van der Waals surface area contributed by atoms with Gasteiger partial charge in [0.2, 0.25) is 11.8 Å². The van der Waals surface area contributed by atoms with Gasteiger partial charge in [-0.3, -0.25) is 9.59 Å². The molecule has 1 fully saturated rings. The average Bonchev–Trinajstić information content (AvgIpc) is 3.24. The van der Waals surface area contributed by atoms with Gasteiger partial charge < -0.3 is 25.1 Å². The van der Waals surface area contributed by atoms with Gasteiger partial charge in [0.15, 0.2) is 11.5 Å². The molecule has 1 aliphatic carbocycles. The molecule has 0 spiro atoms. The van der Waals surface area contributed by atoms with E-state index in [0.29, 0.717) is 23.8 Å². The minimum atomic E-state index is -4.64. The van der Waals surface area contributed by atoms with E-state index in [-0.39, 0.29) is 46.5 Å². The number of ether oxygens (including phenoxy) is 1. The first kappa shape index (κ1) is 25.4. The number of nitrogens with two attached hydrogens (primary N) is 1. The third-order valence-electron chi connectivity index (χ3n) is 6.11. The van der Waals surface area contributed by atoms with Crippen LogP contribution < -0.4 is 15.8 Å². The Kier molecular flexibility index (Phi) is 6.65. The van der Waals surface area contributed by atoms with Gasteiger partial charge in [0.25, 0.3) is 5.91 Å². The fourth-order valence-corrected chi connectivity index (χ4v) is 4.18. The number of carbonyl (C=O) groups excluding carboxylic acids is 2. The summed E-state index contributed by atoms with van der Waals surface area (Å²) < 4.78 is 50.8. The highest BCUT2D eigenvalue weighted by Gasteiger charge is 2.37. The summed E-state index contributed by atoms with van der Waals surface area (Å²) in [6, 6.07) is 4.26. The lowest BCUT2D eigenvalue weighted by Crippen LogP contribution is -2.49. The molecule has 0 bridgehead atoms. The summed E-state index contributed by atoms with van der Waals surface area (Å²) in [7, 11) is 4.69. The number of benzene rings is 1. The number of aromatic nitrogens is 2. The van der Waals surface area contributed by atoms with Crippen molar-refractivity contribution < 1.29 is 31.9 Å². The average molecular weight is 505 g/mol. The molecule has 2 amide bonds. The molecule has 4 rings (SSSR count). The number of nitrogens with zero attached hydrogens (tertiary/aromatic N) is 3. The molecule has 0 aliphatic heterocycles. The maximum Gasteiger partial charge on any atom is 0.433 e. The number of fused-ring (bicyclic) bond motifs is 1. The van der Waals surface area contributed by atoms with Crippen molar-refractivity contribution in [2.24, 2.45) is 11.7 Å². The molecule has 192 valence electrons. The van der Waals surface area contributed by atoms with Crippen LogP contribution >= 0.6 is 0 Å². The van der Waals surface area contributed by atoms with Crippen molar-refractivity contribution in [3.63, 3.8) is 0 Å². The maximum atomic E-state index is 13.2. The van der Waals surface area contributed by atoms with Crippen molar-refractivity contribution in [3.05, 3.63) is 41.4 Å². The van der Waals surface area contributed by atoms with Crippen LogP contribution in [-0.4, -0.2) is 53.9 Å². The van der Waals surface area contributed by atoms with E-state index in [1.807, 2.05) is 0 Å². The Morgan fingerprint density at radius 2 is 1.89 bits per heavy atom. The Balaban J connectivity index is 1.67. The van der Waals surface area contributed by atoms with E-state index in [9.17, 15) is 22.8 Å². The molecule has 0 unspecified atom stereocenters. The number of carbonyl (C=O) groups is 2. The highest BCUT2D eigenvalue weighted by molar-refractivity contribution is 5.98. The monoisotopic (exact) mass is 505 g/mol. The molecule has 3 aromatic rings. The number of hydrogen-bond acceptors (Lipinski definition) is 7. The highest BCUT2D eigenvalue weighted by Crippen LogP contribution is 2.37. The molecule has 2 heterocycles. The van der Waals surface area contributed by atoms with Crippen molar-refractivity contribution in [1.82, 2.24) is 20.2 Å². The first-order chi connectivity index (χ1) is 16.9. The summed E-state index contributed by atoms with van der Waals surface area (Å²) in [6.45, 7) is 1.62. The molecular formula is C24H26F3N5O4. The van der Waals surface area contributed by atoms with Crippen LogP contribution in [0.4, 0.5) is 13.2 Å². The zero-order valence-electron chi connectivity index (χ0n) is 20.1. The second-order valence-electron chi connectivity index (χ2n) is 9.00. The fourth-order valence-electron chi connectivity index (χ4n) is 4.18. The van der Waals surface area contributed by atoms with Crippen LogP contribution in [0.2, 0.25) is 0 Å². The summed E-state index contributed by atoms with van der Waals surface area (Å²) >= 11 is 0. The Labute approximate surface area is 204 Å². The third-order valence-corrected chi connectivity index (χ3v) is 6.11. The van der Waals surface area contributed by atoms with Gasteiger partial charge in [0.05, 0.1) is 13.2 Å². The number of methoxy groups -OCH3 is 1. The van der Waals surface area contributed by atoms with Gasteiger partial charge in [0, 0.05) is 37.0 Å². The summed E-state index contributed by atoms with van der Waals surface area (Å²) in [4.78, 5) is 34.7. The van der Waals surface area contributed by atoms with E-state index in [4.69, 9.17) is 14.9 Å². The lowest BCUT2D eigenvalue weighted by molar-refractivity contribution is -0.141. The molecule has 0 saturated heterocycles. The van der Waals surface area contributed by atoms with Crippen LogP contribution in [0.15, 0.2) is 28.7 Å². The second-order valence-corrected chi connectivity index (χ2v) is 9.00. The number of amides is 2. The molecule has 2 aromatic heterocycles. The molecule has 1 aromatic carbocycles. The first-order valence-electron chi connectivity index (χ1n) is 11.2. The lowest BCUT2D eigenvalue weighted by Gasteiger charge is -2.36. The zero-order valence-corrected chi connectivity index (χ0v) is 20.1. The van der Waals surface area contributed by atoms with E-state index in [1.54, 1.807) is 27.1 Å². The number of alkyl halides is 3. The van der Waals surface area contributed by atoms with Crippen molar-refractivity contribution >= 4 is 22.7 Å². The second kappa shape index (κ2) is 9.41. The summed E-state index contributed by atoms with van der Waals surface area (Å²) in [6.07, 6.45) is -3.61. The van der Waals surface area contributed by atoms with Gasteiger partial charge in [-0.2, -0.15) is 13.2 Å².